The maximum absolute atomic E-state index is 14.2. The van der Waals surface area contributed by atoms with Crippen LogP contribution in [-0.4, -0.2) is 65.6 Å². The lowest BCUT2D eigenvalue weighted by Crippen LogP contribution is -2.42. The van der Waals surface area contributed by atoms with Gasteiger partial charge in [0, 0.05) is 35.8 Å². The molecule has 5 heterocycles. The summed E-state index contributed by atoms with van der Waals surface area (Å²) < 4.78 is 25.8. The summed E-state index contributed by atoms with van der Waals surface area (Å²) in [5.41, 5.74) is 2.87. The zero-order valence-corrected chi connectivity index (χ0v) is 25.1. The summed E-state index contributed by atoms with van der Waals surface area (Å²) >= 11 is 1.25. The van der Waals surface area contributed by atoms with Crippen molar-refractivity contribution in [2.45, 2.75) is 26.4 Å². The molecular formula is C32H30N4O7S. The number of para-hydroxylation sites is 1. The molecule has 0 spiro atoms. The smallest absolute Gasteiger partial charge is 0.338 e. The molecule has 0 bridgehead atoms. The van der Waals surface area contributed by atoms with E-state index >= 15 is 0 Å². The largest absolute Gasteiger partial charge is 0.463 e. The van der Waals surface area contributed by atoms with Crippen molar-refractivity contribution in [2.24, 2.45) is 4.99 Å². The molecule has 11 nitrogen and oxygen atoms in total. The molecule has 2 aromatic carbocycles. The third kappa shape index (κ3) is 4.89. The van der Waals surface area contributed by atoms with E-state index in [1.807, 2.05) is 52.1 Å². The third-order valence-electron chi connectivity index (χ3n) is 8.00. The van der Waals surface area contributed by atoms with Gasteiger partial charge in [-0.15, -0.1) is 0 Å². The van der Waals surface area contributed by atoms with Gasteiger partial charge in [-0.05, 0) is 43.7 Å². The molecule has 1 amide bonds. The van der Waals surface area contributed by atoms with Crippen molar-refractivity contribution >= 4 is 40.2 Å². The minimum atomic E-state index is -0.769. The number of carbonyl (C=O) groups is 2. The van der Waals surface area contributed by atoms with E-state index in [-0.39, 0.29) is 31.4 Å². The molecule has 1 fully saturated rings. The molecule has 44 heavy (non-hydrogen) atoms. The summed E-state index contributed by atoms with van der Waals surface area (Å²) in [6, 6.07) is 12.4. The Bertz CT molecular complexity index is 2020. The van der Waals surface area contributed by atoms with Crippen molar-refractivity contribution in [1.82, 2.24) is 14.0 Å². The van der Waals surface area contributed by atoms with Crippen LogP contribution in [0.2, 0.25) is 0 Å². The molecule has 1 saturated heterocycles. The maximum atomic E-state index is 14.2. The Labute approximate surface area is 255 Å². The van der Waals surface area contributed by atoms with Gasteiger partial charge in [0.25, 0.3) is 5.56 Å². The second kappa shape index (κ2) is 11.4. The van der Waals surface area contributed by atoms with E-state index < -0.39 is 12.0 Å². The molecular weight excluding hydrogens is 584 g/mol. The summed E-state index contributed by atoms with van der Waals surface area (Å²) in [5.74, 6) is 0.634. The zero-order valence-electron chi connectivity index (χ0n) is 24.3. The molecule has 0 unspecified atom stereocenters. The lowest BCUT2D eigenvalue weighted by molar-refractivity contribution is -0.139. The number of hydrogen-bond donors (Lipinski definition) is 0. The highest BCUT2D eigenvalue weighted by Gasteiger charge is 2.34. The van der Waals surface area contributed by atoms with Crippen LogP contribution in [0.15, 0.2) is 69.7 Å². The van der Waals surface area contributed by atoms with E-state index in [1.54, 1.807) is 30.5 Å². The Kier molecular flexibility index (Phi) is 7.31. The maximum Gasteiger partial charge on any atom is 0.338 e. The van der Waals surface area contributed by atoms with E-state index in [0.29, 0.717) is 64.0 Å². The van der Waals surface area contributed by atoms with Crippen molar-refractivity contribution in [2.75, 3.05) is 39.7 Å². The number of allylic oxidation sites excluding steroid dienone is 1. The van der Waals surface area contributed by atoms with Crippen LogP contribution in [0.5, 0.6) is 11.5 Å². The molecule has 3 aliphatic heterocycles. The SMILES string of the molecule is CCOC(=O)C1=C(C)N=c2s/c(=C/c3cn(CC(=O)N4CCOCC4)c4ccccc34)c(=O)n2[C@@H]1c1ccc2c(c1)OCO2. The van der Waals surface area contributed by atoms with Crippen LogP contribution in [0.25, 0.3) is 17.0 Å². The molecule has 0 aliphatic carbocycles. The summed E-state index contributed by atoms with van der Waals surface area (Å²) in [4.78, 5) is 47.5. The van der Waals surface area contributed by atoms with Gasteiger partial charge in [-0.1, -0.05) is 35.6 Å². The van der Waals surface area contributed by atoms with Gasteiger partial charge in [0.15, 0.2) is 16.3 Å². The summed E-state index contributed by atoms with van der Waals surface area (Å²) in [7, 11) is 0. The van der Waals surface area contributed by atoms with Crippen molar-refractivity contribution in [1.29, 1.82) is 0 Å². The first-order valence-electron chi connectivity index (χ1n) is 14.5. The van der Waals surface area contributed by atoms with Gasteiger partial charge >= 0.3 is 5.97 Å². The van der Waals surface area contributed by atoms with Crippen molar-refractivity contribution in [3.63, 3.8) is 0 Å². The monoisotopic (exact) mass is 614 g/mol. The Balaban J connectivity index is 1.34. The molecule has 4 aromatic rings. The van der Waals surface area contributed by atoms with Crippen molar-refractivity contribution < 1.29 is 28.5 Å². The highest BCUT2D eigenvalue weighted by Crippen LogP contribution is 2.38. The molecule has 2 aromatic heterocycles. The minimum Gasteiger partial charge on any atom is -0.463 e. The van der Waals surface area contributed by atoms with E-state index in [0.717, 1.165) is 16.5 Å². The van der Waals surface area contributed by atoms with Crippen LogP contribution in [0, 0.1) is 0 Å². The molecule has 0 N–H and O–H groups in total. The number of aromatic nitrogens is 2. The van der Waals surface area contributed by atoms with Gasteiger partial charge in [-0.2, -0.15) is 0 Å². The van der Waals surface area contributed by atoms with Crippen LogP contribution < -0.4 is 24.4 Å². The van der Waals surface area contributed by atoms with Gasteiger partial charge in [-0.25, -0.2) is 9.79 Å². The lowest BCUT2D eigenvalue weighted by atomic mass is 9.95. The van der Waals surface area contributed by atoms with Gasteiger partial charge in [0.05, 0.1) is 41.7 Å². The minimum absolute atomic E-state index is 0.0191. The van der Waals surface area contributed by atoms with Crippen LogP contribution in [0.1, 0.15) is 31.0 Å². The second-order valence-corrected chi connectivity index (χ2v) is 11.6. The van der Waals surface area contributed by atoms with Gasteiger partial charge in [0.1, 0.15) is 6.54 Å². The fraction of sp³-hybridized carbons (Fsp3) is 0.312. The fourth-order valence-electron chi connectivity index (χ4n) is 5.91. The first-order chi connectivity index (χ1) is 21.4. The first-order valence-corrected chi connectivity index (χ1v) is 15.3. The predicted octanol–water partition coefficient (Wildman–Crippen LogP) is 2.34. The topological polar surface area (TPSA) is 114 Å². The Morgan fingerprint density at radius 2 is 1.91 bits per heavy atom. The Morgan fingerprint density at radius 1 is 1.11 bits per heavy atom. The Hall–Kier alpha value is -4.68. The number of nitrogens with zero attached hydrogens (tertiary/aromatic N) is 4. The summed E-state index contributed by atoms with van der Waals surface area (Å²) in [5, 5.41) is 0.920. The van der Waals surface area contributed by atoms with E-state index in [4.69, 9.17) is 18.9 Å². The van der Waals surface area contributed by atoms with E-state index in [9.17, 15) is 14.4 Å². The summed E-state index contributed by atoms with van der Waals surface area (Å²) in [6.07, 6.45) is 3.74. The molecule has 3 aliphatic rings. The van der Waals surface area contributed by atoms with Gasteiger partial charge in [-0.3, -0.25) is 14.2 Å². The number of ether oxygens (including phenoxy) is 4. The van der Waals surface area contributed by atoms with Gasteiger partial charge in [0.2, 0.25) is 12.7 Å². The summed E-state index contributed by atoms with van der Waals surface area (Å²) in [6.45, 7) is 6.18. The lowest BCUT2D eigenvalue weighted by Gasteiger charge is -2.27. The molecule has 226 valence electrons. The number of esters is 1. The number of fused-ring (bicyclic) bond motifs is 3. The van der Waals surface area contributed by atoms with Gasteiger partial charge < -0.3 is 28.4 Å². The number of hydrogen-bond acceptors (Lipinski definition) is 9. The van der Waals surface area contributed by atoms with Crippen LogP contribution >= 0.6 is 11.3 Å². The fourth-order valence-corrected chi connectivity index (χ4v) is 6.95. The number of rotatable bonds is 6. The number of carbonyl (C=O) groups excluding carboxylic acids is 2. The third-order valence-corrected chi connectivity index (χ3v) is 8.99. The molecule has 0 saturated carbocycles. The highest BCUT2D eigenvalue weighted by molar-refractivity contribution is 7.07. The number of benzene rings is 2. The van der Waals surface area contributed by atoms with Crippen LogP contribution in [-0.2, 0) is 25.6 Å². The average molecular weight is 615 g/mol. The molecule has 12 heteroatoms. The standard InChI is InChI=1S/C32H30N4O7S/c1-3-41-31(39)28-19(2)33-32-36(29(28)20-8-9-24-25(14-20)43-18-42-24)30(38)26(44-32)15-21-16-35(23-7-5-4-6-22(21)23)17-27(37)34-10-12-40-13-11-34/h4-9,14-16,29H,3,10-13,17-18H2,1-2H3/b26-15+/t29-/m1/s1. The predicted molar refractivity (Wildman–Crippen MR) is 162 cm³/mol. The molecule has 1 atom stereocenters. The number of morpholine rings is 1. The number of amides is 1. The second-order valence-electron chi connectivity index (χ2n) is 10.6. The Morgan fingerprint density at radius 3 is 2.73 bits per heavy atom. The molecule has 7 rings (SSSR count). The molecule has 0 radical (unpaired) electrons. The quantitative estimate of drug-likeness (QED) is 0.307. The van der Waals surface area contributed by atoms with Crippen LogP contribution in [0.3, 0.4) is 0 Å². The highest BCUT2D eigenvalue weighted by atomic mass is 32.1. The van der Waals surface area contributed by atoms with Crippen molar-refractivity contribution in [3.8, 4) is 11.5 Å². The number of thiazole rings is 1. The van der Waals surface area contributed by atoms with Crippen molar-refractivity contribution in [3.05, 3.63) is 90.7 Å². The van der Waals surface area contributed by atoms with Crippen LogP contribution in [0.4, 0.5) is 0 Å². The normalized spacial score (nSPS) is 18.0. The van der Waals surface area contributed by atoms with E-state index in [1.165, 1.54) is 11.3 Å². The first kappa shape index (κ1) is 28.1. The average Bonchev–Trinajstić information content (AvgIpc) is 3.73. The zero-order chi connectivity index (χ0) is 30.4. The van der Waals surface area contributed by atoms with E-state index in [2.05, 4.69) is 4.99 Å².